The summed E-state index contributed by atoms with van der Waals surface area (Å²) in [6, 6.07) is 14.2. The van der Waals surface area contributed by atoms with Crippen LogP contribution in [0.2, 0.25) is 5.02 Å². The highest BCUT2D eigenvalue weighted by Gasteiger charge is 2.13. The van der Waals surface area contributed by atoms with Gasteiger partial charge in [0.15, 0.2) is 0 Å². The molecule has 134 valence electrons. The van der Waals surface area contributed by atoms with Crippen molar-refractivity contribution < 1.29 is 14.3 Å². The third-order valence-corrected chi connectivity index (χ3v) is 3.95. The van der Waals surface area contributed by atoms with Gasteiger partial charge in [-0.25, -0.2) is 4.79 Å². The van der Waals surface area contributed by atoms with Gasteiger partial charge in [0.25, 0.3) is 0 Å². The molecule has 2 amide bonds. The van der Waals surface area contributed by atoms with Gasteiger partial charge in [-0.3, -0.25) is 0 Å². The number of methoxy groups -OCH3 is 1. The summed E-state index contributed by atoms with van der Waals surface area (Å²) in [5, 5.41) is 6.32. The summed E-state index contributed by atoms with van der Waals surface area (Å²) < 4.78 is 10.7. The summed E-state index contributed by atoms with van der Waals surface area (Å²) in [4.78, 5) is 12.3. The Hall–Kier alpha value is -2.24. The molecule has 1 atom stereocenters. The maximum absolute atomic E-state index is 12.3. The summed E-state index contributed by atoms with van der Waals surface area (Å²) in [5.41, 5.74) is 1.48. The van der Waals surface area contributed by atoms with Gasteiger partial charge in [0.1, 0.15) is 5.75 Å². The highest BCUT2D eigenvalue weighted by molar-refractivity contribution is 6.31. The Kier molecular flexibility index (Phi) is 7.57. The molecule has 2 N–H and O–H groups in total. The molecule has 0 radical (unpaired) electrons. The van der Waals surface area contributed by atoms with Gasteiger partial charge in [0, 0.05) is 25.2 Å². The van der Waals surface area contributed by atoms with Gasteiger partial charge in [0.2, 0.25) is 0 Å². The Balaban J connectivity index is 1.95. The normalized spacial score (nSPS) is 11.6. The number of urea groups is 1. The monoisotopic (exact) mass is 362 g/mol. The zero-order valence-corrected chi connectivity index (χ0v) is 15.2. The van der Waals surface area contributed by atoms with Crippen LogP contribution in [-0.4, -0.2) is 26.4 Å². The number of para-hydroxylation sites is 2. The van der Waals surface area contributed by atoms with Crippen LogP contribution in [0.4, 0.5) is 10.5 Å². The molecule has 0 fully saturated rings. The van der Waals surface area contributed by atoms with Crippen molar-refractivity contribution in [3.05, 3.63) is 59.1 Å². The third kappa shape index (κ3) is 5.96. The number of halogens is 1. The number of amides is 2. The number of hydrogen-bond acceptors (Lipinski definition) is 3. The first-order valence-corrected chi connectivity index (χ1v) is 8.52. The minimum absolute atomic E-state index is 0.219. The summed E-state index contributed by atoms with van der Waals surface area (Å²) >= 11 is 6.17. The Morgan fingerprint density at radius 2 is 1.84 bits per heavy atom. The van der Waals surface area contributed by atoms with Gasteiger partial charge in [-0.2, -0.15) is 0 Å². The molecule has 0 aliphatic carbocycles. The highest BCUT2D eigenvalue weighted by atomic mass is 35.5. The van der Waals surface area contributed by atoms with Crippen molar-refractivity contribution in [1.82, 2.24) is 5.32 Å². The summed E-state index contributed by atoms with van der Waals surface area (Å²) in [5.74, 6) is 0.624. The van der Waals surface area contributed by atoms with Gasteiger partial charge in [-0.05, 0) is 30.7 Å². The van der Waals surface area contributed by atoms with Crippen LogP contribution >= 0.6 is 11.6 Å². The number of nitrogens with one attached hydrogen (secondary N) is 2. The maximum Gasteiger partial charge on any atom is 0.319 e. The van der Waals surface area contributed by atoms with Crippen molar-refractivity contribution in [2.75, 3.05) is 25.6 Å². The lowest BCUT2D eigenvalue weighted by Crippen LogP contribution is -2.31. The van der Waals surface area contributed by atoms with E-state index in [0.29, 0.717) is 29.7 Å². The smallest absolute Gasteiger partial charge is 0.319 e. The molecule has 0 heterocycles. The molecule has 2 aromatic carbocycles. The maximum atomic E-state index is 12.3. The van der Waals surface area contributed by atoms with Crippen LogP contribution in [0.25, 0.3) is 0 Å². The summed E-state index contributed by atoms with van der Waals surface area (Å²) in [6.07, 6.45) is 0.778. The lowest BCUT2D eigenvalue weighted by Gasteiger charge is -2.17. The van der Waals surface area contributed by atoms with Gasteiger partial charge in [-0.15, -0.1) is 0 Å². The van der Waals surface area contributed by atoms with Crippen molar-refractivity contribution in [2.45, 2.75) is 19.4 Å². The molecule has 6 heteroatoms. The number of rotatable bonds is 8. The fourth-order valence-electron chi connectivity index (χ4n) is 2.34. The molecule has 1 unspecified atom stereocenters. The molecule has 0 aromatic heterocycles. The van der Waals surface area contributed by atoms with Crippen LogP contribution in [0, 0.1) is 0 Å². The third-order valence-electron chi connectivity index (χ3n) is 3.60. The predicted octanol–water partition coefficient (Wildman–Crippen LogP) is 4.64. The molecule has 25 heavy (non-hydrogen) atoms. The second-order valence-electron chi connectivity index (χ2n) is 5.53. The van der Waals surface area contributed by atoms with Crippen LogP contribution in [-0.2, 0) is 4.74 Å². The molecule has 0 bridgehead atoms. The molecule has 5 nitrogen and oxygen atoms in total. The fraction of sp³-hybridized carbons (Fsp3) is 0.316. The number of hydrogen-bond donors (Lipinski definition) is 2. The molecule has 2 rings (SSSR count). The second kappa shape index (κ2) is 9.91. The van der Waals surface area contributed by atoms with E-state index in [1.165, 1.54) is 0 Å². The Morgan fingerprint density at radius 3 is 2.60 bits per heavy atom. The average Bonchev–Trinajstić information content (AvgIpc) is 2.60. The number of carbonyl (C=O) groups is 1. The van der Waals surface area contributed by atoms with Gasteiger partial charge in [-0.1, -0.05) is 41.9 Å². The SMILES string of the molecule is COCCCOc1ccccc1NC(=O)NC(C)c1ccccc1Cl. The Labute approximate surface area is 153 Å². The lowest BCUT2D eigenvalue weighted by molar-refractivity contribution is 0.172. The molecule has 0 aliphatic rings. The van der Waals surface area contributed by atoms with E-state index in [1.807, 2.05) is 43.3 Å². The minimum atomic E-state index is -0.319. The first kappa shape index (κ1) is 19.1. The van der Waals surface area contributed by atoms with Gasteiger partial charge >= 0.3 is 6.03 Å². The van der Waals surface area contributed by atoms with Crippen molar-refractivity contribution in [2.24, 2.45) is 0 Å². The Morgan fingerprint density at radius 1 is 1.12 bits per heavy atom. The summed E-state index contributed by atoms with van der Waals surface area (Å²) in [6.45, 7) is 3.03. The van der Waals surface area contributed by atoms with E-state index >= 15 is 0 Å². The molecule has 0 saturated carbocycles. The zero-order chi connectivity index (χ0) is 18.1. The quantitative estimate of drug-likeness (QED) is 0.672. The first-order chi connectivity index (χ1) is 12.1. The average molecular weight is 363 g/mol. The van der Waals surface area contributed by atoms with E-state index in [0.717, 1.165) is 12.0 Å². The first-order valence-electron chi connectivity index (χ1n) is 8.14. The number of carbonyl (C=O) groups excluding carboxylic acids is 1. The molecule has 0 saturated heterocycles. The van der Waals surface area contributed by atoms with E-state index in [2.05, 4.69) is 10.6 Å². The molecular weight excluding hydrogens is 340 g/mol. The molecular formula is C19H23ClN2O3. The largest absolute Gasteiger partial charge is 0.491 e. The van der Waals surface area contributed by atoms with E-state index in [4.69, 9.17) is 21.1 Å². The standard InChI is InChI=1S/C19H23ClN2O3/c1-14(15-8-3-4-9-16(15)20)21-19(23)22-17-10-5-6-11-18(17)25-13-7-12-24-2/h3-6,8-11,14H,7,12-13H2,1-2H3,(H2,21,22,23). The van der Waals surface area contributed by atoms with Crippen molar-refractivity contribution in [3.63, 3.8) is 0 Å². The lowest BCUT2D eigenvalue weighted by atomic mass is 10.1. The van der Waals surface area contributed by atoms with Crippen molar-refractivity contribution in [1.29, 1.82) is 0 Å². The van der Waals surface area contributed by atoms with Crippen molar-refractivity contribution in [3.8, 4) is 5.75 Å². The minimum Gasteiger partial charge on any atom is -0.491 e. The Bertz CT molecular complexity index is 694. The molecule has 0 aliphatic heterocycles. The highest BCUT2D eigenvalue weighted by Crippen LogP contribution is 2.25. The van der Waals surface area contributed by atoms with E-state index in [9.17, 15) is 4.79 Å². The summed E-state index contributed by atoms with van der Waals surface area (Å²) in [7, 11) is 1.65. The fourth-order valence-corrected chi connectivity index (χ4v) is 2.64. The van der Waals surface area contributed by atoms with E-state index < -0.39 is 0 Å². The van der Waals surface area contributed by atoms with Gasteiger partial charge < -0.3 is 20.1 Å². The molecule has 0 spiro atoms. The van der Waals surface area contributed by atoms with Crippen LogP contribution < -0.4 is 15.4 Å². The van der Waals surface area contributed by atoms with Crippen molar-refractivity contribution >= 4 is 23.3 Å². The van der Waals surface area contributed by atoms with Crippen LogP contribution in [0.1, 0.15) is 24.9 Å². The van der Waals surface area contributed by atoms with Crippen LogP contribution in [0.5, 0.6) is 5.75 Å². The molecule has 2 aromatic rings. The predicted molar refractivity (Wildman–Crippen MR) is 100 cm³/mol. The second-order valence-corrected chi connectivity index (χ2v) is 5.94. The van der Waals surface area contributed by atoms with E-state index in [-0.39, 0.29) is 12.1 Å². The van der Waals surface area contributed by atoms with Gasteiger partial charge in [0.05, 0.1) is 18.3 Å². The number of anilines is 1. The van der Waals surface area contributed by atoms with Crippen LogP contribution in [0.3, 0.4) is 0 Å². The number of ether oxygens (including phenoxy) is 2. The topological polar surface area (TPSA) is 59.6 Å². The zero-order valence-electron chi connectivity index (χ0n) is 14.4. The van der Waals surface area contributed by atoms with E-state index in [1.54, 1.807) is 19.2 Å². The number of benzene rings is 2. The van der Waals surface area contributed by atoms with Crippen LogP contribution in [0.15, 0.2) is 48.5 Å².